The van der Waals surface area contributed by atoms with E-state index in [1.807, 2.05) is 6.07 Å². The summed E-state index contributed by atoms with van der Waals surface area (Å²) in [6.07, 6.45) is 0.637. The lowest BCUT2D eigenvalue weighted by Crippen LogP contribution is -2.00. The van der Waals surface area contributed by atoms with Crippen LogP contribution < -0.4 is 4.74 Å². The molecule has 21 heavy (non-hydrogen) atoms. The largest absolute Gasteiger partial charge is 0.492 e. The highest BCUT2D eigenvalue weighted by atomic mass is 16.6. The van der Waals surface area contributed by atoms with Crippen molar-refractivity contribution in [3.63, 3.8) is 0 Å². The second-order valence-corrected chi connectivity index (χ2v) is 4.72. The Morgan fingerprint density at radius 1 is 1.24 bits per heavy atom. The highest BCUT2D eigenvalue weighted by Gasteiger charge is 2.22. The van der Waals surface area contributed by atoms with Crippen molar-refractivity contribution in [2.24, 2.45) is 0 Å². The predicted octanol–water partition coefficient (Wildman–Crippen LogP) is 2.89. The molecule has 0 atom stereocenters. The highest BCUT2D eigenvalue weighted by Crippen LogP contribution is 2.35. The molecule has 3 rings (SSSR count). The van der Waals surface area contributed by atoms with E-state index in [0.29, 0.717) is 29.9 Å². The average molecular weight is 285 g/mol. The number of aromatic carboxylic acids is 1. The molecule has 6 nitrogen and oxygen atoms in total. The van der Waals surface area contributed by atoms with Gasteiger partial charge in [0, 0.05) is 18.6 Å². The van der Waals surface area contributed by atoms with Crippen molar-refractivity contribution in [3.8, 4) is 16.9 Å². The Hall–Kier alpha value is -2.89. The van der Waals surface area contributed by atoms with E-state index in [1.54, 1.807) is 12.1 Å². The van der Waals surface area contributed by atoms with Crippen LogP contribution in [0, 0.1) is 10.1 Å². The first-order valence-corrected chi connectivity index (χ1v) is 6.34. The van der Waals surface area contributed by atoms with Gasteiger partial charge in [-0.05, 0) is 28.8 Å². The lowest BCUT2D eigenvalue weighted by atomic mass is 9.98. The zero-order valence-corrected chi connectivity index (χ0v) is 10.9. The monoisotopic (exact) mass is 285 g/mol. The topological polar surface area (TPSA) is 89.7 Å². The molecule has 1 aliphatic rings. The summed E-state index contributed by atoms with van der Waals surface area (Å²) in [5.41, 5.74) is 2.13. The second-order valence-electron chi connectivity index (χ2n) is 4.72. The summed E-state index contributed by atoms with van der Waals surface area (Å²) >= 11 is 0. The lowest BCUT2D eigenvalue weighted by molar-refractivity contribution is -0.384. The molecule has 6 heteroatoms. The maximum Gasteiger partial charge on any atom is 0.339 e. The summed E-state index contributed by atoms with van der Waals surface area (Å²) in [5, 5.41) is 20.1. The molecule has 0 aromatic heterocycles. The average Bonchev–Trinajstić information content (AvgIpc) is 2.94. The van der Waals surface area contributed by atoms with Crippen LogP contribution in [0.2, 0.25) is 0 Å². The minimum absolute atomic E-state index is 0.0267. The smallest absolute Gasteiger partial charge is 0.339 e. The number of benzene rings is 2. The molecule has 0 fully saturated rings. The molecule has 0 unspecified atom stereocenters. The van der Waals surface area contributed by atoms with Crippen molar-refractivity contribution in [2.45, 2.75) is 6.42 Å². The normalized spacial score (nSPS) is 12.6. The van der Waals surface area contributed by atoms with Crippen LogP contribution in [0.15, 0.2) is 36.4 Å². The molecule has 0 bridgehead atoms. The molecule has 2 aromatic carbocycles. The van der Waals surface area contributed by atoms with Crippen LogP contribution in [-0.2, 0) is 6.42 Å². The summed E-state index contributed by atoms with van der Waals surface area (Å²) in [6.45, 7) is 0.452. The number of carboxylic acids is 1. The molecule has 106 valence electrons. The van der Waals surface area contributed by atoms with Crippen LogP contribution >= 0.6 is 0 Å². The van der Waals surface area contributed by atoms with Crippen LogP contribution in [0.1, 0.15) is 15.9 Å². The van der Waals surface area contributed by atoms with E-state index in [1.165, 1.54) is 18.2 Å². The molecule has 0 saturated heterocycles. The van der Waals surface area contributed by atoms with Crippen LogP contribution in [0.5, 0.6) is 5.75 Å². The molecule has 2 aromatic rings. The van der Waals surface area contributed by atoms with E-state index in [0.717, 1.165) is 5.56 Å². The van der Waals surface area contributed by atoms with Gasteiger partial charge in [0.05, 0.1) is 11.5 Å². The Balaban J connectivity index is 2.15. The van der Waals surface area contributed by atoms with E-state index < -0.39 is 10.9 Å². The second kappa shape index (κ2) is 4.90. The van der Waals surface area contributed by atoms with Gasteiger partial charge < -0.3 is 9.84 Å². The fourth-order valence-corrected chi connectivity index (χ4v) is 2.43. The molecule has 1 N–H and O–H groups in total. The fourth-order valence-electron chi connectivity index (χ4n) is 2.43. The Labute approximate surface area is 119 Å². The first-order chi connectivity index (χ1) is 10.1. The van der Waals surface area contributed by atoms with E-state index in [4.69, 9.17) is 4.74 Å². The third kappa shape index (κ3) is 2.31. The lowest BCUT2D eigenvalue weighted by Gasteiger charge is -2.08. The van der Waals surface area contributed by atoms with Crippen LogP contribution in [-0.4, -0.2) is 22.6 Å². The van der Waals surface area contributed by atoms with E-state index >= 15 is 0 Å². The summed E-state index contributed by atoms with van der Waals surface area (Å²) < 4.78 is 5.35. The predicted molar refractivity (Wildman–Crippen MR) is 74.7 cm³/mol. The summed E-state index contributed by atoms with van der Waals surface area (Å²) in [4.78, 5) is 21.7. The summed E-state index contributed by atoms with van der Waals surface area (Å²) in [7, 11) is 0. The van der Waals surface area contributed by atoms with Crippen LogP contribution in [0.25, 0.3) is 11.1 Å². The van der Waals surface area contributed by atoms with Gasteiger partial charge in [-0.15, -0.1) is 0 Å². The number of hydrogen-bond acceptors (Lipinski definition) is 4. The number of nitrogens with zero attached hydrogens (tertiary/aromatic N) is 1. The van der Waals surface area contributed by atoms with Gasteiger partial charge in [-0.1, -0.05) is 12.1 Å². The zero-order chi connectivity index (χ0) is 15.0. The van der Waals surface area contributed by atoms with Crippen molar-refractivity contribution in [2.75, 3.05) is 6.61 Å². The highest BCUT2D eigenvalue weighted by molar-refractivity contribution is 5.93. The summed E-state index contributed by atoms with van der Waals surface area (Å²) in [5.74, 6) is -0.669. The number of carboxylic acid groups (broad SMARTS) is 1. The van der Waals surface area contributed by atoms with Gasteiger partial charge in [0.15, 0.2) is 0 Å². The fraction of sp³-hybridized carbons (Fsp3) is 0.133. The Kier molecular flexibility index (Phi) is 3.06. The third-order valence-corrected chi connectivity index (χ3v) is 3.40. The number of hydrogen-bond donors (Lipinski definition) is 1. The standard InChI is InChI=1S/C15H11NO5/c17-15(18)13-8-11(6-10-4-5-21-14(10)13)9-2-1-3-12(7-9)16(19)20/h1-3,6-8H,4-5H2,(H,17,18). The maximum atomic E-state index is 11.3. The van der Waals surface area contributed by atoms with Crippen LogP contribution in [0.3, 0.4) is 0 Å². The maximum absolute atomic E-state index is 11.3. The van der Waals surface area contributed by atoms with E-state index in [-0.39, 0.29) is 11.3 Å². The van der Waals surface area contributed by atoms with Crippen molar-refractivity contribution in [1.82, 2.24) is 0 Å². The molecule has 0 saturated carbocycles. The first kappa shape index (κ1) is 13.1. The van der Waals surface area contributed by atoms with Gasteiger partial charge in [0.25, 0.3) is 5.69 Å². The van der Waals surface area contributed by atoms with Gasteiger partial charge >= 0.3 is 5.97 Å². The molecule has 1 aliphatic heterocycles. The molecule has 0 aliphatic carbocycles. The Morgan fingerprint density at radius 3 is 2.76 bits per heavy atom. The number of fused-ring (bicyclic) bond motifs is 1. The van der Waals surface area contributed by atoms with Crippen molar-refractivity contribution in [3.05, 3.63) is 57.6 Å². The van der Waals surface area contributed by atoms with Crippen LogP contribution in [0.4, 0.5) is 5.69 Å². The first-order valence-electron chi connectivity index (χ1n) is 6.34. The number of nitro benzene ring substituents is 1. The zero-order valence-electron chi connectivity index (χ0n) is 10.9. The van der Waals surface area contributed by atoms with Crippen molar-refractivity contribution >= 4 is 11.7 Å². The van der Waals surface area contributed by atoms with Crippen molar-refractivity contribution in [1.29, 1.82) is 0 Å². The van der Waals surface area contributed by atoms with Gasteiger partial charge in [-0.25, -0.2) is 4.79 Å². The molecule has 1 heterocycles. The van der Waals surface area contributed by atoms with Gasteiger partial charge in [-0.3, -0.25) is 10.1 Å². The van der Waals surface area contributed by atoms with Crippen molar-refractivity contribution < 1.29 is 19.6 Å². The van der Waals surface area contributed by atoms with Gasteiger partial charge in [-0.2, -0.15) is 0 Å². The number of nitro groups is 1. The minimum Gasteiger partial charge on any atom is -0.492 e. The molecule has 0 radical (unpaired) electrons. The van der Waals surface area contributed by atoms with Gasteiger partial charge in [0.2, 0.25) is 0 Å². The van der Waals surface area contributed by atoms with E-state index in [9.17, 15) is 20.0 Å². The molecule has 0 amide bonds. The molecular weight excluding hydrogens is 274 g/mol. The Morgan fingerprint density at radius 2 is 2.05 bits per heavy atom. The number of carbonyl (C=O) groups is 1. The quantitative estimate of drug-likeness (QED) is 0.691. The Bertz CT molecular complexity index is 754. The molecular formula is C15H11NO5. The number of rotatable bonds is 3. The third-order valence-electron chi connectivity index (χ3n) is 3.40. The van der Waals surface area contributed by atoms with E-state index in [2.05, 4.69) is 0 Å². The SMILES string of the molecule is O=C(O)c1cc(-c2cccc([N+](=O)[O-])c2)cc2c1OCC2. The van der Waals surface area contributed by atoms with Gasteiger partial charge in [0.1, 0.15) is 11.3 Å². The number of non-ortho nitro benzene ring substituents is 1. The summed E-state index contributed by atoms with van der Waals surface area (Å²) in [6, 6.07) is 9.45. The molecule has 0 spiro atoms. The minimum atomic E-state index is -1.07. The number of ether oxygens (including phenoxy) is 1.